The molecule has 84 valence electrons. The molecular weight excluding hydrogens is 202 g/mol. The second kappa shape index (κ2) is 4.00. The minimum Gasteiger partial charge on any atom is -0.497 e. The van der Waals surface area contributed by atoms with Gasteiger partial charge in [-0.1, -0.05) is 0 Å². The van der Waals surface area contributed by atoms with Crippen LogP contribution >= 0.6 is 0 Å². The summed E-state index contributed by atoms with van der Waals surface area (Å²) in [4.78, 5) is 14.5. The molecule has 3 nitrogen and oxygen atoms in total. The number of carbonyl (C=O) groups excluding carboxylic acids is 1. The van der Waals surface area contributed by atoms with Gasteiger partial charge in [0.2, 0.25) is 0 Å². The van der Waals surface area contributed by atoms with Gasteiger partial charge in [0.05, 0.1) is 7.11 Å². The number of aryl methyl sites for hydroxylation is 1. The summed E-state index contributed by atoms with van der Waals surface area (Å²) in [6, 6.07) is 5.86. The van der Waals surface area contributed by atoms with Crippen molar-refractivity contribution in [3.8, 4) is 5.75 Å². The molecule has 2 aromatic rings. The topological polar surface area (TPSA) is 42.1 Å². The number of H-pyrrole nitrogens is 1. The number of rotatable bonds is 3. The van der Waals surface area contributed by atoms with E-state index in [1.807, 2.05) is 25.1 Å². The Bertz CT molecular complexity index is 540. The Hall–Kier alpha value is -1.77. The fraction of sp³-hybridized carbons (Fsp3) is 0.308. The molecule has 0 unspecified atom stereocenters. The molecule has 16 heavy (non-hydrogen) atoms. The van der Waals surface area contributed by atoms with E-state index in [-0.39, 0.29) is 5.78 Å². The second-order valence-electron chi connectivity index (χ2n) is 4.02. The van der Waals surface area contributed by atoms with Crippen LogP contribution in [0.4, 0.5) is 0 Å². The van der Waals surface area contributed by atoms with Crippen LogP contribution in [0, 0.1) is 6.92 Å². The summed E-state index contributed by atoms with van der Waals surface area (Å²) in [5, 5.41) is 1.11. The van der Waals surface area contributed by atoms with Crippen molar-refractivity contribution < 1.29 is 9.53 Å². The average Bonchev–Trinajstić information content (AvgIpc) is 2.54. The summed E-state index contributed by atoms with van der Waals surface area (Å²) in [6.07, 6.45) is 0.484. The highest BCUT2D eigenvalue weighted by molar-refractivity contribution is 5.90. The Kier molecular flexibility index (Phi) is 2.69. The molecule has 0 amide bonds. The minimum atomic E-state index is 0.180. The lowest BCUT2D eigenvalue weighted by atomic mass is 10.1. The molecule has 2 rings (SSSR count). The van der Waals surface area contributed by atoms with E-state index in [1.165, 1.54) is 0 Å². The van der Waals surface area contributed by atoms with Crippen molar-refractivity contribution >= 4 is 16.7 Å². The first-order valence-corrected chi connectivity index (χ1v) is 5.26. The van der Waals surface area contributed by atoms with Crippen LogP contribution in [0.25, 0.3) is 10.9 Å². The lowest BCUT2D eigenvalue weighted by Gasteiger charge is -2.00. The standard InChI is InChI=1S/C13H15NO2/c1-8(15)6-12-9(2)14-13-7-10(16-3)4-5-11(12)13/h4-5,7,14H,6H2,1-3H3. The van der Waals surface area contributed by atoms with Gasteiger partial charge in [-0.05, 0) is 31.5 Å². The van der Waals surface area contributed by atoms with Crippen molar-refractivity contribution in [2.45, 2.75) is 20.3 Å². The van der Waals surface area contributed by atoms with Gasteiger partial charge in [-0.3, -0.25) is 4.79 Å². The fourth-order valence-corrected chi connectivity index (χ4v) is 1.97. The molecule has 1 N–H and O–H groups in total. The van der Waals surface area contributed by atoms with Crippen LogP contribution in [0.3, 0.4) is 0 Å². The van der Waals surface area contributed by atoms with Crippen LogP contribution in [-0.2, 0) is 11.2 Å². The first-order chi connectivity index (χ1) is 7.61. The summed E-state index contributed by atoms with van der Waals surface area (Å²) < 4.78 is 5.17. The number of aromatic nitrogens is 1. The zero-order valence-corrected chi connectivity index (χ0v) is 9.76. The third-order valence-corrected chi connectivity index (χ3v) is 2.75. The number of nitrogens with one attached hydrogen (secondary N) is 1. The molecule has 1 heterocycles. The number of ketones is 1. The van der Waals surface area contributed by atoms with Crippen LogP contribution < -0.4 is 4.74 Å². The Labute approximate surface area is 94.4 Å². The summed E-state index contributed by atoms with van der Waals surface area (Å²) in [6.45, 7) is 3.60. The van der Waals surface area contributed by atoms with Crippen LogP contribution in [0.2, 0.25) is 0 Å². The predicted octanol–water partition coefficient (Wildman–Crippen LogP) is 2.62. The number of hydrogen-bond acceptors (Lipinski definition) is 2. The molecular formula is C13H15NO2. The van der Waals surface area contributed by atoms with E-state index in [1.54, 1.807) is 14.0 Å². The Balaban J connectivity index is 2.57. The van der Waals surface area contributed by atoms with Crippen molar-refractivity contribution in [2.24, 2.45) is 0 Å². The maximum absolute atomic E-state index is 11.2. The van der Waals surface area contributed by atoms with Gasteiger partial charge >= 0.3 is 0 Å². The first kappa shape index (κ1) is 10.7. The van der Waals surface area contributed by atoms with E-state index in [4.69, 9.17) is 4.74 Å². The second-order valence-corrected chi connectivity index (χ2v) is 4.02. The monoisotopic (exact) mass is 217 g/mol. The van der Waals surface area contributed by atoms with Gasteiger partial charge in [-0.25, -0.2) is 0 Å². The lowest BCUT2D eigenvalue weighted by molar-refractivity contribution is -0.116. The molecule has 0 spiro atoms. The number of ether oxygens (including phenoxy) is 1. The molecule has 0 atom stereocenters. The number of aromatic amines is 1. The maximum atomic E-state index is 11.2. The highest BCUT2D eigenvalue weighted by Gasteiger charge is 2.10. The molecule has 1 aromatic carbocycles. The van der Waals surface area contributed by atoms with E-state index >= 15 is 0 Å². The van der Waals surface area contributed by atoms with E-state index in [2.05, 4.69) is 4.98 Å². The predicted molar refractivity (Wildman–Crippen MR) is 64.0 cm³/mol. The smallest absolute Gasteiger partial charge is 0.134 e. The van der Waals surface area contributed by atoms with Gasteiger partial charge in [-0.2, -0.15) is 0 Å². The molecule has 0 radical (unpaired) electrons. The molecule has 3 heteroatoms. The van der Waals surface area contributed by atoms with Crippen LogP contribution in [0.5, 0.6) is 5.75 Å². The van der Waals surface area contributed by atoms with Crippen molar-refractivity contribution in [1.82, 2.24) is 4.98 Å². The number of hydrogen-bond donors (Lipinski definition) is 1. The van der Waals surface area contributed by atoms with Gasteiger partial charge in [0.15, 0.2) is 0 Å². The highest BCUT2D eigenvalue weighted by atomic mass is 16.5. The Morgan fingerprint density at radius 1 is 1.44 bits per heavy atom. The quantitative estimate of drug-likeness (QED) is 0.858. The van der Waals surface area contributed by atoms with Crippen molar-refractivity contribution in [1.29, 1.82) is 0 Å². The number of benzene rings is 1. The van der Waals surface area contributed by atoms with Crippen molar-refractivity contribution in [3.05, 3.63) is 29.5 Å². The largest absolute Gasteiger partial charge is 0.497 e. The Morgan fingerprint density at radius 2 is 2.19 bits per heavy atom. The van der Waals surface area contributed by atoms with Gasteiger partial charge in [0, 0.05) is 29.1 Å². The molecule has 0 fully saturated rings. The normalized spacial score (nSPS) is 10.7. The van der Waals surface area contributed by atoms with E-state index in [0.717, 1.165) is 27.9 Å². The molecule has 1 aromatic heterocycles. The number of methoxy groups -OCH3 is 1. The van der Waals surface area contributed by atoms with E-state index in [0.29, 0.717) is 6.42 Å². The van der Waals surface area contributed by atoms with Crippen LogP contribution in [0.1, 0.15) is 18.2 Å². The van der Waals surface area contributed by atoms with E-state index < -0.39 is 0 Å². The van der Waals surface area contributed by atoms with Gasteiger partial charge < -0.3 is 9.72 Å². The number of carbonyl (C=O) groups is 1. The third kappa shape index (κ3) is 1.81. The maximum Gasteiger partial charge on any atom is 0.134 e. The summed E-state index contributed by atoms with van der Waals surface area (Å²) >= 11 is 0. The molecule has 0 aliphatic heterocycles. The summed E-state index contributed by atoms with van der Waals surface area (Å²) in [5.41, 5.74) is 3.16. The van der Waals surface area contributed by atoms with Crippen molar-refractivity contribution in [3.63, 3.8) is 0 Å². The zero-order valence-electron chi connectivity index (χ0n) is 9.76. The van der Waals surface area contributed by atoms with Crippen molar-refractivity contribution in [2.75, 3.05) is 7.11 Å². The molecule has 0 bridgehead atoms. The van der Waals surface area contributed by atoms with Crippen LogP contribution in [-0.4, -0.2) is 17.9 Å². The first-order valence-electron chi connectivity index (χ1n) is 5.26. The van der Waals surface area contributed by atoms with Crippen LogP contribution in [0.15, 0.2) is 18.2 Å². The summed E-state index contributed by atoms with van der Waals surface area (Å²) in [5.74, 6) is 1.00. The van der Waals surface area contributed by atoms with Gasteiger partial charge in [-0.15, -0.1) is 0 Å². The van der Waals surface area contributed by atoms with Gasteiger partial charge in [0.1, 0.15) is 11.5 Å². The SMILES string of the molecule is COc1ccc2c(CC(C)=O)c(C)[nH]c2c1. The van der Waals surface area contributed by atoms with E-state index in [9.17, 15) is 4.79 Å². The highest BCUT2D eigenvalue weighted by Crippen LogP contribution is 2.26. The number of fused-ring (bicyclic) bond motifs is 1. The minimum absolute atomic E-state index is 0.180. The molecule has 0 aliphatic carbocycles. The number of Topliss-reactive ketones (excluding diaryl/α,β-unsaturated/α-hetero) is 1. The fourth-order valence-electron chi connectivity index (χ4n) is 1.97. The molecule has 0 saturated heterocycles. The Morgan fingerprint density at radius 3 is 2.81 bits per heavy atom. The zero-order chi connectivity index (χ0) is 11.7. The summed E-state index contributed by atoms with van der Waals surface area (Å²) in [7, 11) is 1.65. The lowest BCUT2D eigenvalue weighted by Crippen LogP contribution is -1.96. The third-order valence-electron chi connectivity index (χ3n) is 2.75. The average molecular weight is 217 g/mol. The van der Waals surface area contributed by atoms with Gasteiger partial charge in [0.25, 0.3) is 0 Å². The molecule has 0 aliphatic rings. The molecule has 0 saturated carbocycles.